The zero-order valence-corrected chi connectivity index (χ0v) is 11.4. The van der Waals surface area contributed by atoms with Crippen molar-refractivity contribution >= 4 is 15.6 Å². The summed E-state index contributed by atoms with van der Waals surface area (Å²) in [6.07, 6.45) is 0. The van der Waals surface area contributed by atoms with Gasteiger partial charge in [-0.05, 0) is 13.8 Å². The fraction of sp³-hybridized carbons (Fsp3) is 1.00. The van der Waals surface area contributed by atoms with Crippen LogP contribution in [0.5, 0.6) is 0 Å². The third-order valence-corrected chi connectivity index (χ3v) is 3.14. The topological polar surface area (TPSA) is 112 Å². The number of hydrogen-bond donors (Lipinski definition) is 2. The van der Waals surface area contributed by atoms with E-state index in [0.717, 1.165) is 14.2 Å². The molecule has 0 fully saturated rings. The Labute approximate surface area is 94.7 Å². The minimum Gasteiger partial charge on any atom is -0.303 e. The molecule has 16 heavy (non-hydrogen) atoms. The second-order valence-corrected chi connectivity index (χ2v) is 5.26. The van der Waals surface area contributed by atoms with E-state index in [1.165, 1.54) is 0 Å². The third kappa shape index (κ3) is 12.3. The Balaban J connectivity index is 0. The number of rotatable bonds is 6. The first-order chi connectivity index (χ1) is 7.24. The van der Waals surface area contributed by atoms with Crippen LogP contribution in [0.25, 0.3) is 0 Å². The van der Waals surface area contributed by atoms with Gasteiger partial charge in [-0.25, -0.2) is 9.13 Å². The Bertz CT molecular complexity index is 237. The summed E-state index contributed by atoms with van der Waals surface area (Å²) in [5.41, 5.74) is 0. The number of phosphoric ester groups is 2. The van der Waals surface area contributed by atoms with Crippen molar-refractivity contribution < 1.29 is 37.0 Å². The van der Waals surface area contributed by atoms with Gasteiger partial charge in [0.15, 0.2) is 0 Å². The van der Waals surface area contributed by atoms with Crippen LogP contribution in [0, 0.1) is 0 Å². The van der Waals surface area contributed by atoms with Gasteiger partial charge in [-0.2, -0.15) is 0 Å². The van der Waals surface area contributed by atoms with Gasteiger partial charge in [0.05, 0.1) is 13.2 Å². The number of phosphoric acid groups is 2. The molecule has 8 nitrogen and oxygen atoms in total. The molecule has 0 bridgehead atoms. The minimum atomic E-state index is -3.69. The third-order valence-electron chi connectivity index (χ3n) is 1.05. The fourth-order valence-electron chi connectivity index (χ4n) is 0.438. The van der Waals surface area contributed by atoms with Crippen molar-refractivity contribution in [3.8, 4) is 0 Å². The lowest BCUT2D eigenvalue weighted by Gasteiger charge is -2.07. The lowest BCUT2D eigenvalue weighted by Crippen LogP contribution is -1.93. The molecule has 0 spiro atoms. The fourth-order valence-corrected chi connectivity index (χ4v) is 1.31. The van der Waals surface area contributed by atoms with Gasteiger partial charge in [0.2, 0.25) is 0 Å². The van der Waals surface area contributed by atoms with E-state index in [1.54, 1.807) is 13.8 Å². The van der Waals surface area contributed by atoms with E-state index in [-0.39, 0.29) is 13.2 Å². The summed E-state index contributed by atoms with van der Waals surface area (Å²) in [6.45, 7) is 3.63. The first-order valence-corrected chi connectivity index (χ1v) is 7.29. The summed E-state index contributed by atoms with van der Waals surface area (Å²) < 4.78 is 37.3. The Morgan fingerprint density at radius 1 is 0.875 bits per heavy atom. The zero-order chi connectivity index (χ0) is 13.2. The van der Waals surface area contributed by atoms with Crippen molar-refractivity contribution in [1.29, 1.82) is 0 Å². The molecule has 0 unspecified atom stereocenters. The molecule has 0 aliphatic rings. The Kier molecular flexibility index (Phi) is 10.8. The predicted molar refractivity (Wildman–Crippen MR) is 56.9 cm³/mol. The highest BCUT2D eigenvalue weighted by molar-refractivity contribution is 7.47. The van der Waals surface area contributed by atoms with Gasteiger partial charge in [-0.1, -0.05) is 0 Å². The first kappa shape index (κ1) is 18.6. The molecule has 100 valence electrons. The van der Waals surface area contributed by atoms with Crippen molar-refractivity contribution in [2.24, 2.45) is 0 Å². The molecular formula is C6H18O8P2. The minimum absolute atomic E-state index is 0.188. The van der Waals surface area contributed by atoms with E-state index in [2.05, 4.69) is 18.1 Å². The quantitative estimate of drug-likeness (QED) is 0.704. The van der Waals surface area contributed by atoms with Crippen molar-refractivity contribution in [2.45, 2.75) is 13.8 Å². The standard InChI is InChI=1S/C4H11O4P.C2H7O4P/c1-3-7-9(5,6)8-4-2;1-5-7(3,4)6-2/h3-4H2,1-2H3,(H,5,6);1-2H3,(H,3,4). The van der Waals surface area contributed by atoms with Crippen LogP contribution in [0.2, 0.25) is 0 Å². The molecule has 0 aromatic carbocycles. The zero-order valence-electron chi connectivity index (χ0n) is 9.65. The summed E-state index contributed by atoms with van der Waals surface area (Å²) >= 11 is 0. The summed E-state index contributed by atoms with van der Waals surface area (Å²) in [5.74, 6) is 0. The SMILES string of the molecule is CCOP(=O)(O)OCC.COP(=O)(O)OC. The molecule has 0 saturated carbocycles. The van der Waals surface area contributed by atoms with Crippen molar-refractivity contribution in [1.82, 2.24) is 0 Å². The van der Waals surface area contributed by atoms with Crippen molar-refractivity contribution in [3.63, 3.8) is 0 Å². The molecular weight excluding hydrogens is 262 g/mol. The molecule has 10 heteroatoms. The molecule has 0 radical (unpaired) electrons. The van der Waals surface area contributed by atoms with Crippen LogP contribution in [0.1, 0.15) is 13.8 Å². The van der Waals surface area contributed by atoms with Crippen LogP contribution < -0.4 is 0 Å². The van der Waals surface area contributed by atoms with Crippen LogP contribution in [-0.2, 0) is 27.2 Å². The van der Waals surface area contributed by atoms with Crippen LogP contribution in [0.4, 0.5) is 0 Å². The monoisotopic (exact) mass is 280 g/mol. The van der Waals surface area contributed by atoms with E-state index in [9.17, 15) is 9.13 Å². The molecule has 0 saturated heterocycles. The van der Waals surface area contributed by atoms with E-state index in [4.69, 9.17) is 9.79 Å². The van der Waals surface area contributed by atoms with E-state index >= 15 is 0 Å². The maximum atomic E-state index is 10.5. The predicted octanol–water partition coefficient (Wildman–Crippen LogP) is 1.54. The summed E-state index contributed by atoms with van der Waals surface area (Å²) in [5, 5.41) is 0. The number of hydrogen-bond acceptors (Lipinski definition) is 6. The van der Waals surface area contributed by atoms with Gasteiger partial charge >= 0.3 is 15.6 Å². The normalized spacial score (nSPS) is 11.9. The first-order valence-electron chi connectivity index (χ1n) is 4.30. The van der Waals surface area contributed by atoms with Gasteiger partial charge in [0.1, 0.15) is 0 Å². The molecule has 0 aliphatic heterocycles. The van der Waals surface area contributed by atoms with Crippen LogP contribution in [-0.4, -0.2) is 37.2 Å². The second kappa shape index (κ2) is 9.27. The van der Waals surface area contributed by atoms with Gasteiger partial charge in [0.25, 0.3) is 0 Å². The average Bonchev–Trinajstić information content (AvgIpc) is 2.18. The largest absolute Gasteiger partial charge is 0.472 e. The van der Waals surface area contributed by atoms with Gasteiger partial charge in [-0.15, -0.1) is 0 Å². The van der Waals surface area contributed by atoms with E-state index in [0.29, 0.717) is 0 Å². The highest BCUT2D eigenvalue weighted by Crippen LogP contribution is 2.42. The maximum absolute atomic E-state index is 10.5. The van der Waals surface area contributed by atoms with Gasteiger partial charge in [-0.3, -0.25) is 18.1 Å². The Morgan fingerprint density at radius 3 is 1.31 bits per heavy atom. The summed E-state index contributed by atoms with van der Waals surface area (Å²) in [4.78, 5) is 16.9. The molecule has 0 rings (SSSR count). The Hall–Kier alpha value is 0.220. The molecule has 0 aliphatic carbocycles. The van der Waals surface area contributed by atoms with E-state index < -0.39 is 15.6 Å². The van der Waals surface area contributed by atoms with Gasteiger partial charge in [0, 0.05) is 14.2 Å². The average molecular weight is 280 g/mol. The molecule has 0 heterocycles. The second-order valence-electron chi connectivity index (χ2n) is 2.14. The summed E-state index contributed by atoms with van der Waals surface area (Å²) in [7, 11) is -5.14. The van der Waals surface area contributed by atoms with Crippen molar-refractivity contribution in [2.75, 3.05) is 27.4 Å². The van der Waals surface area contributed by atoms with Crippen LogP contribution >= 0.6 is 15.6 Å². The molecule has 0 amide bonds. The van der Waals surface area contributed by atoms with Crippen LogP contribution in [0.3, 0.4) is 0 Å². The van der Waals surface area contributed by atoms with E-state index in [1.807, 2.05) is 0 Å². The molecule has 0 aromatic rings. The molecule has 2 N–H and O–H groups in total. The lowest BCUT2D eigenvalue weighted by molar-refractivity contribution is 0.161. The smallest absolute Gasteiger partial charge is 0.303 e. The van der Waals surface area contributed by atoms with Crippen molar-refractivity contribution in [3.05, 3.63) is 0 Å². The maximum Gasteiger partial charge on any atom is 0.472 e. The lowest BCUT2D eigenvalue weighted by atomic mass is 10.9. The highest BCUT2D eigenvalue weighted by Gasteiger charge is 2.17. The van der Waals surface area contributed by atoms with Gasteiger partial charge < -0.3 is 9.79 Å². The molecule has 0 aromatic heterocycles. The highest BCUT2D eigenvalue weighted by atomic mass is 31.2. The molecule has 0 atom stereocenters. The van der Waals surface area contributed by atoms with Crippen LogP contribution in [0.15, 0.2) is 0 Å². The summed E-state index contributed by atoms with van der Waals surface area (Å²) in [6, 6.07) is 0. The Morgan fingerprint density at radius 2 is 1.19 bits per heavy atom.